The normalized spacial score (nSPS) is 18.8. The second kappa shape index (κ2) is 4.91. The number of nitrogens with zero attached hydrogens (tertiary/aromatic N) is 4. The highest BCUT2D eigenvalue weighted by Gasteiger charge is 2.28. The maximum atomic E-state index is 5.25. The summed E-state index contributed by atoms with van der Waals surface area (Å²) < 4.78 is 5.25. The fourth-order valence-electron chi connectivity index (χ4n) is 3.01. The lowest BCUT2D eigenvalue weighted by Crippen LogP contribution is -2.31. The van der Waals surface area contributed by atoms with Crippen molar-refractivity contribution < 1.29 is 4.52 Å². The van der Waals surface area contributed by atoms with Crippen molar-refractivity contribution in [3.63, 3.8) is 0 Å². The average molecular weight is 284 g/mol. The van der Waals surface area contributed by atoms with E-state index in [1.54, 1.807) is 0 Å². The smallest absolute Gasteiger partial charge is 0.138 e. The Hall–Kier alpha value is -1.75. The highest BCUT2D eigenvalue weighted by molar-refractivity contribution is 5.25. The maximum Gasteiger partial charge on any atom is 0.138 e. The number of fused-ring (bicyclic) bond motifs is 1. The minimum Gasteiger partial charge on any atom is -0.361 e. The van der Waals surface area contributed by atoms with Gasteiger partial charge in [-0.05, 0) is 26.7 Å². The molecule has 0 amide bonds. The second-order valence-electron chi connectivity index (χ2n) is 6.24. The Kier molecular flexibility index (Phi) is 3.03. The Morgan fingerprint density at radius 1 is 1.33 bits per heavy atom. The molecule has 0 unspecified atom stereocenters. The monoisotopic (exact) mass is 284 g/mol. The molecule has 0 spiro atoms. The Morgan fingerprint density at radius 3 is 2.90 bits per heavy atom. The van der Waals surface area contributed by atoms with Gasteiger partial charge < -0.3 is 4.52 Å². The lowest BCUT2D eigenvalue weighted by atomic mass is 10.1. The van der Waals surface area contributed by atoms with Gasteiger partial charge in [-0.3, -0.25) is 4.90 Å². The van der Waals surface area contributed by atoms with Gasteiger partial charge in [-0.15, -0.1) is 0 Å². The molecule has 2 aromatic heterocycles. The Bertz CT molecular complexity index is 655. The minimum atomic E-state index is 0.635. The summed E-state index contributed by atoms with van der Waals surface area (Å²) in [7, 11) is 0. The summed E-state index contributed by atoms with van der Waals surface area (Å²) in [4.78, 5) is 11.8. The van der Waals surface area contributed by atoms with E-state index in [0.717, 1.165) is 43.3 Å². The van der Waals surface area contributed by atoms with Gasteiger partial charge in [0, 0.05) is 55.0 Å². The van der Waals surface area contributed by atoms with Crippen molar-refractivity contribution in [2.75, 3.05) is 6.54 Å². The second-order valence-corrected chi connectivity index (χ2v) is 6.24. The molecule has 1 saturated carbocycles. The van der Waals surface area contributed by atoms with Crippen LogP contribution in [0.5, 0.6) is 0 Å². The summed E-state index contributed by atoms with van der Waals surface area (Å²) in [5.41, 5.74) is 4.74. The molecule has 5 nitrogen and oxygen atoms in total. The van der Waals surface area contributed by atoms with Gasteiger partial charge in [0.05, 0.1) is 5.69 Å². The highest BCUT2D eigenvalue weighted by atomic mass is 16.5. The first-order valence-electron chi connectivity index (χ1n) is 7.69. The molecule has 21 heavy (non-hydrogen) atoms. The van der Waals surface area contributed by atoms with Crippen molar-refractivity contribution in [1.82, 2.24) is 20.0 Å². The maximum absolute atomic E-state index is 5.25. The van der Waals surface area contributed by atoms with Crippen molar-refractivity contribution in [1.29, 1.82) is 0 Å². The molecular weight excluding hydrogens is 264 g/mol. The number of hydrogen-bond acceptors (Lipinski definition) is 5. The van der Waals surface area contributed by atoms with Crippen molar-refractivity contribution >= 4 is 0 Å². The van der Waals surface area contributed by atoms with Crippen LogP contribution in [0.3, 0.4) is 0 Å². The van der Waals surface area contributed by atoms with E-state index in [-0.39, 0.29) is 0 Å². The molecule has 0 N–H and O–H groups in total. The van der Waals surface area contributed by atoms with Gasteiger partial charge in [-0.1, -0.05) is 5.16 Å². The summed E-state index contributed by atoms with van der Waals surface area (Å²) in [6.07, 6.45) is 5.57. The molecule has 1 fully saturated rings. The van der Waals surface area contributed by atoms with Crippen LogP contribution in [0.15, 0.2) is 10.7 Å². The van der Waals surface area contributed by atoms with Gasteiger partial charge in [0.1, 0.15) is 11.6 Å². The van der Waals surface area contributed by atoms with Gasteiger partial charge >= 0.3 is 0 Å². The minimum absolute atomic E-state index is 0.635. The van der Waals surface area contributed by atoms with Crippen LogP contribution in [-0.2, 0) is 19.5 Å². The zero-order valence-corrected chi connectivity index (χ0v) is 12.6. The molecule has 0 bridgehead atoms. The van der Waals surface area contributed by atoms with Crippen LogP contribution < -0.4 is 0 Å². The topological polar surface area (TPSA) is 55.1 Å². The molecule has 2 aromatic rings. The van der Waals surface area contributed by atoms with E-state index in [2.05, 4.69) is 15.0 Å². The zero-order valence-electron chi connectivity index (χ0n) is 12.6. The SMILES string of the molecule is Cc1noc(C)c1CN1CCc2nc(C3CC3)ncc2C1. The molecule has 110 valence electrons. The highest BCUT2D eigenvalue weighted by Crippen LogP contribution is 2.38. The lowest BCUT2D eigenvalue weighted by Gasteiger charge is -2.27. The third-order valence-corrected chi connectivity index (χ3v) is 4.54. The van der Waals surface area contributed by atoms with Gasteiger partial charge in [0.25, 0.3) is 0 Å². The van der Waals surface area contributed by atoms with E-state index >= 15 is 0 Å². The van der Waals surface area contributed by atoms with Crippen LogP contribution in [0.2, 0.25) is 0 Å². The molecule has 1 aliphatic heterocycles. The largest absolute Gasteiger partial charge is 0.361 e. The number of aryl methyl sites for hydroxylation is 2. The summed E-state index contributed by atoms with van der Waals surface area (Å²) in [6, 6.07) is 0. The van der Waals surface area contributed by atoms with E-state index < -0.39 is 0 Å². The number of rotatable bonds is 3. The van der Waals surface area contributed by atoms with E-state index in [0.29, 0.717) is 5.92 Å². The summed E-state index contributed by atoms with van der Waals surface area (Å²) in [6.45, 7) is 6.85. The summed E-state index contributed by atoms with van der Waals surface area (Å²) >= 11 is 0. The molecule has 0 saturated heterocycles. The molecule has 3 heterocycles. The average Bonchev–Trinajstić information content (AvgIpc) is 3.29. The third-order valence-electron chi connectivity index (χ3n) is 4.54. The van der Waals surface area contributed by atoms with Gasteiger partial charge in [0.2, 0.25) is 0 Å². The number of aromatic nitrogens is 3. The van der Waals surface area contributed by atoms with Crippen molar-refractivity contribution in [3.05, 3.63) is 40.3 Å². The molecule has 4 rings (SSSR count). The first kappa shape index (κ1) is 13.0. The van der Waals surface area contributed by atoms with E-state index in [4.69, 9.17) is 9.51 Å². The van der Waals surface area contributed by atoms with E-state index in [1.165, 1.54) is 29.7 Å². The summed E-state index contributed by atoms with van der Waals surface area (Å²) in [5.74, 6) is 2.63. The molecular formula is C16H20N4O. The first-order chi connectivity index (χ1) is 10.2. The van der Waals surface area contributed by atoms with Crippen molar-refractivity contribution in [3.8, 4) is 0 Å². The van der Waals surface area contributed by atoms with Gasteiger partial charge in [-0.25, -0.2) is 9.97 Å². The predicted octanol–water partition coefficient (Wildman–Crippen LogP) is 2.52. The van der Waals surface area contributed by atoms with Crippen LogP contribution in [0.4, 0.5) is 0 Å². The fraction of sp³-hybridized carbons (Fsp3) is 0.562. The Labute approximate surface area is 124 Å². The molecule has 1 aliphatic carbocycles. The molecule has 0 atom stereocenters. The van der Waals surface area contributed by atoms with Crippen molar-refractivity contribution in [2.45, 2.75) is 52.1 Å². The number of hydrogen-bond donors (Lipinski definition) is 0. The Balaban J connectivity index is 1.51. The predicted molar refractivity (Wildman–Crippen MR) is 77.8 cm³/mol. The quantitative estimate of drug-likeness (QED) is 0.867. The lowest BCUT2D eigenvalue weighted by molar-refractivity contribution is 0.240. The van der Waals surface area contributed by atoms with Crippen LogP contribution in [0, 0.1) is 13.8 Å². The first-order valence-corrected chi connectivity index (χ1v) is 7.69. The van der Waals surface area contributed by atoms with E-state index in [1.807, 2.05) is 20.0 Å². The van der Waals surface area contributed by atoms with Crippen LogP contribution in [-0.4, -0.2) is 26.6 Å². The van der Waals surface area contributed by atoms with Gasteiger partial charge in [-0.2, -0.15) is 0 Å². The van der Waals surface area contributed by atoms with Crippen molar-refractivity contribution in [2.24, 2.45) is 0 Å². The van der Waals surface area contributed by atoms with Gasteiger partial charge in [0.15, 0.2) is 0 Å². The van der Waals surface area contributed by atoms with Crippen LogP contribution in [0.25, 0.3) is 0 Å². The van der Waals surface area contributed by atoms with E-state index in [9.17, 15) is 0 Å². The van der Waals surface area contributed by atoms with Crippen LogP contribution in [0.1, 0.15) is 52.9 Å². The zero-order chi connectivity index (χ0) is 14.4. The standard InChI is InChI=1S/C16H20N4O/c1-10-14(11(2)21-19-10)9-20-6-5-15-13(8-20)7-17-16(18-15)12-3-4-12/h7,12H,3-6,8-9H2,1-2H3. The molecule has 5 heteroatoms. The fourth-order valence-corrected chi connectivity index (χ4v) is 3.01. The molecule has 0 aromatic carbocycles. The molecule has 2 aliphatic rings. The summed E-state index contributed by atoms with van der Waals surface area (Å²) in [5, 5.41) is 4.04. The van der Waals surface area contributed by atoms with Crippen LogP contribution >= 0.6 is 0 Å². The molecule has 0 radical (unpaired) electrons. The third kappa shape index (κ3) is 2.46. The Morgan fingerprint density at radius 2 is 2.19 bits per heavy atom.